The van der Waals surface area contributed by atoms with Gasteiger partial charge in [0.1, 0.15) is 12.7 Å². The van der Waals surface area contributed by atoms with Crippen LogP contribution in [0.2, 0.25) is 0 Å². The third-order valence-electron chi connectivity index (χ3n) is 3.34. The normalized spacial score (nSPS) is 27.1. The predicted molar refractivity (Wildman–Crippen MR) is 85.8 cm³/mol. The first-order valence-electron chi connectivity index (χ1n) is 8.08. The zero-order valence-electron chi connectivity index (χ0n) is 15.7. The fraction of sp³-hybridized carbons (Fsp3) is 0.688. The van der Waals surface area contributed by atoms with E-state index in [4.69, 9.17) is 23.7 Å². The molecule has 152 valence electrons. The van der Waals surface area contributed by atoms with Crippen molar-refractivity contribution in [2.24, 2.45) is 0 Å². The van der Waals surface area contributed by atoms with Crippen LogP contribution in [0.25, 0.3) is 0 Å². The molecule has 1 fully saturated rings. The number of hydrogen-bond acceptors (Lipinski definition) is 10. The maximum Gasteiger partial charge on any atom is 0.303 e. The first kappa shape index (κ1) is 22.4. The van der Waals surface area contributed by atoms with Gasteiger partial charge in [-0.1, -0.05) is 0 Å². The topological polar surface area (TPSA) is 144 Å². The van der Waals surface area contributed by atoms with Gasteiger partial charge < -0.3 is 29.0 Å². The highest BCUT2D eigenvalue weighted by molar-refractivity contribution is 5.73. The summed E-state index contributed by atoms with van der Waals surface area (Å²) in [6.45, 7) is 5.36. The minimum absolute atomic E-state index is 0.353. The van der Waals surface area contributed by atoms with Gasteiger partial charge in [0.25, 0.3) is 0 Å². The summed E-state index contributed by atoms with van der Waals surface area (Å²) in [5.74, 6) is -3.36. The maximum absolute atomic E-state index is 11.6. The minimum Gasteiger partial charge on any atom is -0.463 e. The molecule has 1 saturated heterocycles. The smallest absolute Gasteiger partial charge is 0.303 e. The average molecular weight is 389 g/mol. The van der Waals surface area contributed by atoms with Crippen molar-refractivity contribution in [2.75, 3.05) is 6.61 Å². The van der Waals surface area contributed by atoms with E-state index in [-0.39, 0.29) is 6.61 Å². The van der Waals surface area contributed by atoms with Gasteiger partial charge in [-0.2, -0.15) is 0 Å². The predicted octanol–water partition coefficient (Wildman–Crippen LogP) is -0.794. The molecule has 1 N–H and O–H groups in total. The highest BCUT2D eigenvalue weighted by atomic mass is 16.7. The number of esters is 4. The number of ether oxygens (including phenoxy) is 5. The van der Waals surface area contributed by atoms with Crippen LogP contribution in [-0.4, -0.2) is 67.0 Å². The molecule has 0 aromatic carbocycles. The first-order valence-corrected chi connectivity index (χ1v) is 8.08. The van der Waals surface area contributed by atoms with Crippen molar-refractivity contribution >= 4 is 29.8 Å². The summed E-state index contributed by atoms with van der Waals surface area (Å²) in [4.78, 5) is 57.2. The van der Waals surface area contributed by atoms with Gasteiger partial charge in [0.15, 0.2) is 24.5 Å². The number of amides is 1. The van der Waals surface area contributed by atoms with Crippen molar-refractivity contribution in [3.8, 4) is 0 Å². The number of carbonyl (C=O) groups excluding carboxylic acids is 5. The standard InChI is InChI=1S/C16H23NO10/c1-7(18)17-16-15(26-11(5)22)14(25-10(4)21)13(24-9(3)20)12(27-16)6-23-8(2)19/h12-16H,6H2,1-5H3,(H,17,18)/t12-,13-,14+,15+,16-/m1/s1. The van der Waals surface area contributed by atoms with E-state index >= 15 is 0 Å². The van der Waals surface area contributed by atoms with Crippen LogP contribution < -0.4 is 5.32 Å². The highest BCUT2D eigenvalue weighted by Crippen LogP contribution is 2.28. The molecule has 0 aromatic heterocycles. The Morgan fingerprint density at radius 1 is 0.741 bits per heavy atom. The van der Waals surface area contributed by atoms with Crippen molar-refractivity contribution in [3.63, 3.8) is 0 Å². The van der Waals surface area contributed by atoms with Crippen LogP contribution in [0.5, 0.6) is 0 Å². The van der Waals surface area contributed by atoms with E-state index in [2.05, 4.69) is 5.32 Å². The molecule has 0 unspecified atom stereocenters. The lowest BCUT2D eigenvalue weighted by atomic mass is 9.97. The zero-order chi connectivity index (χ0) is 20.7. The van der Waals surface area contributed by atoms with Crippen LogP contribution in [-0.2, 0) is 47.7 Å². The summed E-state index contributed by atoms with van der Waals surface area (Å²) in [6, 6.07) is 0. The van der Waals surface area contributed by atoms with Gasteiger partial charge in [-0.05, 0) is 0 Å². The number of carbonyl (C=O) groups is 5. The van der Waals surface area contributed by atoms with Gasteiger partial charge in [0.05, 0.1) is 0 Å². The van der Waals surface area contributed by atoms with Crippen LogP contribution in [0.3, 0.4) is 0 Å². The molecule has 11 nitrogen and oxygen atoms in total. The maximum atomic E-state index is 11.6. The van der Waals surface area contributed by atoms with E-state index in [9.17, 15) is 24.0 Å². The number of nitrogens with one attached hydrogen (secondary N) is 1. The number of rotatable bonds is 6. The van der Waals surface area contributed by atoms with Crippen molar-refractivity contribution in [2.45, 2.75) is 65.3 Å². The van der Waals surface area contributed by atoms with Crippen LogP contribution in [0.4, 0.5) is 0 Å². The van der Waals surface area contributed by atoms with Gasteiger partial charge in [-0.25, -0.2) is 0 Å². The summed E-state index contributed by atoms with van der Waals surface area (Å²) < 4.78 is 26.1. The second-order valence-electron chi connectivity index (χ2n) is 5.82. The lowest BCUT2D eigenvalue weighted by molar-refractivity contribution is -0.256. The molecule has 0 bridgehead atoms. The van der Waals surface area contributed by atoms with Crippen molar-refractivity contribution in [1.82, 2.24) is 5.32 Å². The molecule has 1 aliphatic heterocycles. The molecule has 1 heterocycles. The Morgan fingerprint density at radius 2 is 1.22 bits per heavy atom. The van der Waals surface area contributed by atoms with Crippen LogP contribution >= 0.6 is 0 Å². The summed E-state index contributed by atoms with van der Waals surface area (Å²) in [6.07, 6.45) is -6.18. The van der Waals surface area contributed by atoms with Gasteiger partial charge in [-0.3, -0.25) is 24.0 Å². The first-order chi connectivity index (χ1) is 12.5. The van der Waals surface area contributed by atoms with Crippen molar-refractivity contribution < 1.29 is 47.7 Å². The molecule has 0 radical (unpaired) electrons. The van der Waals surface area contributed by atoms with E-state index in [1.165, 1.54) is 13.8 Å². The van der Waals surface area contributed by atoms with E-state index < -0.39 is 60.4 Å². The molecule has 0 spiro atoms. The Morgan fingerprint density at radius 3 is 1.67 bits per heavy atom. The van der Waals surface area contributed by atoms with Gasteiger partial charge in [0, 0.05) is 34.6 Å². The third-order valence-corrected chi connectivity index (χ3v) is 3.34. The van der Waals surface area contributed by atoms with Crippen molar-refractivity contribution in [3.05, 3.63) is 0 Å². The summed E-state index contributed by atoms with van der Waals surface area (Å²) >= 11 is 0. The molecule has 1 amide bonds. The Hall–Kier alpha value is -2.69. The Bertz CT molecular complexity index is 604. The minimum atomic E-state index is -1.30. The van der Waals surface area contributed by atoms with Crippen molar-refractivity contribution in [1.29, 1.82) is 0 Å². The molecule has 27 heavy (non-hydrogen) atoms. The van der Waals surface area contributed by atoms with E-state index in [0.717, 1.165) is 20.8 Å². The average Bonchev–Trinajstić information content (AvgIpc) is 2.49. The molecule has 1 rings (SSSR count). The van der Waals surface area contributed by atoms with Crippen LogP contribution in [0, 0.1) is 0 Å². The quantitative estimate of drug-likeness (QED) is 0.453. The molecule has 0 aliphatic carbocycles. The summed E-state index contributed by atoms with van der Waals surface area (Å²) in [7, 11) is 0. The Balaban J connectivity index is 3.29. The largest absolute Gasteiger partial charge is 0.463 e. The molecule has 0 aromatic rings. The third kappa shape index (κ3) is 7.21. The molecule has 11 heteroatoms. The molecular formula is C16H23NO10. The summed E-state index contributed by atoms with van der Waals surface area (Å²) in [5, 5.41) is 2.42. The van der Waals surface area contributed by atoms with E-state index in [1.54, 1.807) is 0 Å². The van der Waals surface area contributed by atoms with Gasteiger partial charge >= 0.3 is 23.9 Å². The summed E-state index contributed by atoms with van der Waals surface area (Å²) in [5.41, 5.74) is 0. The molecule has 5 atom stereocenters. The lowest BCUT2D eigenvalue weighted by Gasteiger charge is -2.44. The fourth-order valence-corrected chi connectivity index (χ4v) is 2.54. The van der Waals surface area contributed by atoms with Gasteiger partial charge in [-0.15, -0.1) is 0 Å². The molecular weight excluding hydrogens is 366 g/mol. The van der Waals surface area contributed by atoms with Crippen LogP contribution in [0.15, 0.2) is 0 Å². The second kappa shape index (κ2) is 9.86. The highest BCUT2D eigenvalue weighted by Gasteiger charge is 2.52. The number of hydrogen-bond donors (Lipinski definition) is 1. The Kier molecular flexibility index (Phi) is 8.16. The van der Waals surface area contributed by atoms with Gasteiger partial charge in [0.2, 0.25) is 5.91 Å². The SMILES string of the molecule is CC(=O)N[C@@H]1O[C@H](COC(C)=O)[C@@H](OC(C)=O)[C@H](OC(C)=O)[C@@H]1OC(C)=O. The second-order valence-corrected chi connectivity index (χ2v) is 5.82. The van der Waals surface area contributed by atoms with E-state index in [1.807, 2.05) is 0 Å². The zero-order valence-corrected chi connectivity index (χ0v) is 15.7. The molecule has 0 saturated carbocycles. The van der Waals surface area contributed by atoms with E-state index in [0.29, 0.717) is 0 Å². The molecule has 1 aliphatic rings. The monoisotopic (exact) mass is 389 g/mol. The lowest BCUT2D eigenvalue weighted by Crippen LogP contribution is -2.66. The Labute approximate surface area is 155 Å². The fourth-order valence-electron chi connectivity index (χ4n) is 2.54. The van der Waals surface area contributed by atoms with Crippen LogP contribution in [0.1, 0.15) is 34.6 Å².